The molecule has 1 aliphatic carbocycles. The number of carbonyl (C=O) groups excluding carboxylic acids is 1. The van der Waals surface area contributed by atoms with Gasteiger partial charge in [-0.05, 0) is 38.2 Å². The average molecular weight is 262 g/mol. The molecular formula is C15H22N2O2. The molecule has 2 rings (SSSR count). The highest BCUT2D eigenvalue weighted by molar-refractivity contribution is 5.65. The van der Waals surface area contributed by atoms with E-state index in [0.29, 0.717) is 0 Å². The lowest BCUT2D eigenvalue weighted by molar-refractivity contribution is -0.00448. The number of nitrogens with two attached hydrogens (primary N) is 1. The van der Waals surface area contributed by atoms with Gasteiger partial charge in [-0.1, -0.05) is 30.3 Å². The Labute approximate surface area is 114 Å². The summed E-state index contributed by atoms with van der Waals surface area (Å²) in [5.41, 5.74) is 6.01. The van der Waals surface area contributed by atoms with E-state index in [1.165, 1.54) is 5.56 Å². The molecule has 19 heavy (non-hydrogen) atoms. The lowest BCUT2D eigenvalue weighted by Crippen LogP contribution is -2.50. The average Bonchev–Trinajstić information content (AvgIpc) is 2.86. The Morgan fingerprint density at radius 1 is 1.37 bits per heavy atom. The molecule has 0 aromatic heterocycles. The molecule has 4 nitrogen and oxygen atoms in total. The third kappa shape index (κ3) is 3.47. The molecule has 0 heterocycles. The number of ether oxygens (including phenoxy) is 1. The van der Waals surface area contributed by atoms with Crippen LogP contribution in [0.25, 0.3) is 0 Å². The number of nitrogens with one attached hydrogen (secondary N) is 1. The van der Waals surface area contributed by atoms with Crippen LogP contribution in [0.15, 0.2) is 30.3 Å². The van der Waals surface area contributed by atoms with Crippen molar-refractivity contribution in [2.45, 2.75) is 50.8 Å². The van der Waals surface area contributed by atoms with E-state index in [0.717, 1.165) is 32.2 Å². The van der Waals surface area contributed by atoms with Gasteiger partial charge in [0, 0.05) is 12.6 Å². The first kappa shape index (κ1) is 13.9. The lowest BCUT2D eigenvalue weighted by atomic mass is 9.93. The quantitative estimate of drug-likeness (QED) is 0.857. The van der Waals surface area contributed by atoms with E-state index in [-0.39, 0.29) is 6.04 Å². The van der Waals surface area contributed by atoms with Crippen LogP contribution in [0.5, 0.6) is 0 Å². The van der Waals surface area contributed by atoms with E-state index >= 15 is 0 Å². The van der Waals surface area contributed by atoms with Crippen molar-refractivity contribution in [2.24, 2.45) is 5.73 Å². The molecule has 0 spiro atoms. The Hall–Kier alpha value is -1.55. The van der Waals surface area contributed by atoms with E-state index in [9.17, 15) is 4.79 Å². The van der Waals surface area contributed by atoms with Crippen molar-refractivity contribution in [2.75, 3.05) is 0 Å². The molecule has 0 saturated heterocycles. The molecule has 1 aromatic rings. The first-order valence-electron chi connectivity index (χ1n) is 6.88. The Kier molecular flexibility index (Phi) is 4.43. The van der Waals surface area contributed by atoms with Gasteiger partial charge in [0.2, 0.25) is 0 Å². The Balaban J connectivity index is 1.96. The van der Waals surface area contributed by atoms with Gasteiger partial charge >= 0.3 is 6.09 Å². The molecule has 104 valence electrons. The SMILES string of the molecule is CC(NCc1ccccc1)C1(OC(N)=O)CCCC1. The van der Waals surface area contributed by atoms with Gasteiger partial charge in [0.05, 0.1) is 0 Å². The number of hydrogen-bond donors (Lipinski definition) is 2. The first-order chi connectivity index (χ1) is 9.12. The van der Waals surface area contributed by atoms with Crippen molar-refractivity contribution in [3.63, 3.8) is 0 Å². The van der Waals surface area contributed by atoms with Crippen LogP contribution in [0.3, 0.4) is 0 Å². The maximum Gasteiger partial charge on any atom is 0.405 e. The molecular weight excluding hydrogens is 240 g/mol. The van der Waals surface area contributed by atoms with Crippen molar-refractivity contribution in [1.29, 1.82) is 0 Å². The monoisotopic (exact) mass is 262 g/mol. The summed E-state index contributed by atoms with van der Waals surface area (Å²) in [6.07, 6.45) is 3.28. The van der Waals surface area contributed by atoms with Crippen LogP contribution in [-0.2, 0) is 11.3 Å². The van der Waals surface area contributed by atoms with Crippen LogP contribution in [0.4, 0.5) is 4.79 Å². The highest BCUT2D eigenvalue weighted by Crippen LogP contribution is 2.36. The first-order valence-corrected chi connectivity index (χ1v) is 6.88. The summed E-state index contributed by atoms with van der Waals surface area (Å²) >= 11 is 0. The Morgan fingerprint density at radius 3 is 2.58 bits per heavy atom. The summed E-state index contributed by atoms with van der Waals surface area (Å²) in [6.45, 7) is 2.84. The molecule has 4 heteroatoms. The normalized spacial score (nSPS) is 19.0. The zero-order valence-electron chi connectivity index (χ0n) is 11.4. The summed E-state index contributed by atoms with van der Waals surface area (Å²) in [6, 6.07) is 10.3. The summed E-state index contributed by atoms with van der Waals surface area (Å²) < 4.78 is 5.43. The number of benzene rings is 1. The Bertz CT molecular complexity index is 413. The minimum absolute atomic E-state index is 0.0997. The van der Waals surface area contributed by atoms with E-state index < -0.39 is 11.7 Å². The predicted octanol–water partition coefficient (Wildman–Crippen LogP) is 2.57. The minimum Gasteiger partial charge on any atom is -0.441 e. The van der Waals surface area contributed by atoms with Gasteiger partial charge in [-0.3, -0.25) is 0 Å². The van der Waals surface area contributed by atoms with E-state index in [2.05, 4.69) is 24.4 Å². The molecule has 0 bridgehead atoms. The molecule has 0 radical (unpaired) electrons. The molecule has 1 atom stereocenters. The largest absolute Gasteiger partial charge is 0.441 e. The van der Waals surface area contributed by atoms with Gasteiger partial charge in [-0.15, -0.1) is 0 Å². The molecule has 1 amide bonds. The smallest absolute Gasteiger partial charge is 0.405 e. The maximum atomic E-state index is 11.1. The Morgan fingerprint density at radius 2 is 2.00 bits per heavy atom. The predicted molar refractivity (Wildman–Crippen MR) is 74.6 cm³/mol. The summed E-state index contributed by atoms with van der Waals surface area (Å²) in [5, 5.41) is 3.45. The van der Waals surface area contributed by atoms with Crippen LogP contribution in [-0.4, -0.2) is 17.7 Å². The van der Waals surface area contributed by atoms with Gasteiger partial charge in [0.15, 0.2) is 0 Å². The van der Waals surface area contributed by atoms with E-state index in [1.54, 1.807) is 0 Å². The number of amides is 1. The second kappa shape index (κ2) is 6.06. The molecule has 1 aliphatic rings. The van der Waals surface area contributed by atoms with Crippen molar-refractivity contribution < 1.29 is 9.53 Å². The third-order valence-electron chi connectivity index (χ3n) is 4.00. The highest BCUT2D eigenvalue weighted by atomic mass is 16.6. The second-order valence-corrected chi connectivity index (χ2v) is 5.28. The van der Waals surface area contributed by atoms with Gasteiger partial charge in [0.1, 0.15) is 5.60 Å². The van der Waals surface area contributed by atoms with Crippen molar-refractivity contribution in [1.82, 2.24) is 5.32 Å². The van der Waals surface area contributed by atoms with Crippen LogP contribution < -0.4 is 11.1 Å². The van der Waals surface area contributed by atoms with Crippen LogP contribution in [0.2, 0.25) is 0 Å². The van der Waals surface area contributed by atoms with Gasteiger partial charge in [-0.25, -0.2) is 4.79 Å². The second-order valence-electron chi connectivity index (χ2n) is 5.28. The fourth-order valence-electron chi connectivity index (χ4n) is 2.85. The van der Waals surface area contributed by atoms with Gasteiger partial charge in [-0.2, -0.15) is 0 Å². The zero-order valence-corrected chi connectivity index (χ0v) is 11.4. The van der Waals surface area contributed by atoms with Crippen LogP contribution >= 0.6 is 0 Å². The fraction of sp³-hybridized carbons (Fsp3) is 0.533. The van der Waals surface area contributed by atoms with Crippen molar-refractivity contribution in [3.8, 4) is 0 Å². The summed E-state index contributed by atoms with van der Waals surface area (Å²) in [5.74, 6) is 0. The summed E-state index contributed by atoms with van der Waals surface area (Å²) in [7, 11) is 0. The number of primary amides is 1. The van der Waals surface area contributed by atoms with Crippen molar-refractivity contribution >= 4 is 6.09 Å². The van der Waals surface area contributed by atoms with Gasteiger partial charge < -0.3 is 15.8 Å². The molecule has 1 unspecified atom stereocenters. The highest BCUT2D eigenvalue weighted by Gasteiger charge is 2.42. The third-order valence-corrected chi connectivity index (χ3v) is 4.00. The standard InChI is InChI=1S/C15H22N2O2/c1-12(17-11-13-7-3-2-4-8-13)15(19-14(16)18)9-5-6-10-15/h2-4,7-8,12,17H,5-6,9-11H2,1H3,(H2,16,18). The lowest BCUT2D eigenvalue weighted by Gasteiger charge is -2.35. The minimum atomic E-state index is -0.671. The summed E-state index contributed by atoms with van der Waals surface area (Å²) in [4.78, 5) is 11.1. The fourth-order valence-corrected chi connectivity index (χ4v) is 2.85. The topological polar surface area (TPSA) is 64.3 Å². The van der Waals surface area contributed by atoms with Gasteiger partial charge in [0.25, 0.3) is 0 Å². The molecule has 3 N–H and O–H groups in total. The molecule has 1 aromatic carbocycles. The van der Waals surface area contributed by atoms with E-state index in [1.807, 2.05) is 18.2 Å². The van der Waals surface area contributed by atoms with Crippen molar-refractivity contribution in [3.05, 3.63) is 35.9 Å². The number of rotatable bonds is 5. The number of hydrogen-bond acceptors (Lipinski definition) is 3. The maximum absolute atomic E-state index is 11.1. The number of carbonyl (C=O) groups is 1. The zero-order chi connectivity index (χ0) is 13.7. The van der Waals surface area contributed by atoms with Crippen LogP contribution in [0, 0.1) is 0 Å². The van der Waals surface area contributed by atoms with Crippen LogP contribution in [0.1, 0.15) is 38.2 Å². The molecule has 0 aliphatic heterocycles. The van der Waals surface area contributed by atoms with E-state index in [4.69, 9.17) is 10.5 Å². The molecule has 1 fully saturated rings. The molecule has 1 saturated carbocycles.